The van der Waals surface area contributed by atoms with Crippen molar-refractivity contribution in [3.05, 3.63) is 0 Å². The Bertz CT molecular complexity index is 198. The molecule has 0 aromatic carbocycles. The van der Waals surface area contributed by atoms with Gasteiger partial charge in [-0.15, -0.1) is 4.99 Å². The van der Waals surface area contributed by atoms with Gasteiger partial charge < -0.3 is 4.90 Å². The Morgan fingerprint density at radius 2 is 2.00 bits per heavy atom. The van der Waals surface area contributed by atoms with Crippen LogP contribution in [0.15, 0.2) is 4.99 Å². The van der Waals surface area contributed by atoms with Crippen LogP contribution in [0, 0.1) is 0 Å². The fraction of sp³-hybridized carbons (Fsp3) is 0.778. The molecular weight excluding hydrogens is 168 g/mol. The summed E-state index contributed by atoms with van der Waals surface area (Å²) in [6, 6.07) is -0.467. The van der Waals surface area contributed by atoms with Crippen molar-refractivity contribution in [2.75, 3.05) is 13.1 Å². The maximum atomic E-state index is 11.1. The van der Waals surface area contributed by atoms with Gasteiger partial charge in [0, 0.05) is 13.1 Å². The molecular formula is C9H16N2O2. The fourth-order valence-electron chi connectivity index (χ4n) is 1.03. The van der Waals surface area contributed by atoms with Crippen LogP contribution >= 0.6 is 0 Å². The van der Waals surface area contributed by atoms with Crippen LogP contribution in [0.25, 0.3) is 0 Å². The number of amides is 2. The summed E-state index contributed by atoms with van der Waals surface area (Å²) in [5, 5.41) is 0. The number of urea groups is 1. The number of hydrogen-bond acceptors (Lipinski definition) is 2. The molecule has 13 heavy (non-hydrogen) atoms. The summed E-state index contributed by atoms with van der Waals surface area (Å²) < 4.78 is 0. The minimum absolute atomic E-state index is 0.467. The van der Waals surface area contributed by atoms with Gasteiger partial charge in [0.2, 0.25) is 6.08 Å². The number of rotatable bonds is 5. The number of aliphatic imine (C=N–C) groups is 1. The molecule has 0 N–H and O–H groups in total. The molecule has 0 radical (unpaired) electrons. The highest BCUT2D eigenvalue weighted by atomic mass is 16.2. The topological polar surface area (TPSA) is 49.7 Å². The van der Waals surface area contributed by atoms with Crippen molar-refractivity contribution in [3.8, 4) is 0 Å². The zero-order valence-electron chi connectivity index (χ0n) is 8.25. The lowest BCUT2D eigenvalue weighted by molar-refractivity contribution is 0.207. The van der Waals surface area contributed by atoms with E-state index in [9.17, 15) is 9.59 Å². The second-order valence-electron chi connectivity index (χ2n) is 2.83. The Labute approximate surface area is 78.6 Å². The van der Waals surface area contributed by atoms with Gasteiger partial charge in [-0.1, -0.05) is 20.3 Å². The largest absolute Gasteiger partial charge is 0.354 e. The third-order valence-corrected chi connectivity index (χ3v) is 1.69. The Kier molecular flexibility index (Phi) is 6.83. The predicted molar refractivity (Wildman–Crippen MR) is 50.3 cm³/mol. The van der Waals surface area contributed by atoms with E-state index in [0.717, 1.165) is 19.3 Å². The maximum Gasteiger partial charge on any atom is 0.354 e. The molecule has 0 rings (SSSR count). The van der Waals surface area contributed by atoms with Crippen molar-refractivity contribution in [3.63, 3.8) is 0 Å². The molecule has 0 aromatic rings. The van der Waals surface area contributed by atoms with E-state index in [2.05, 4.69) is 11.9 Å². The number of unbranched alkanes of at least 4 members (excludes halogenated alkanes) is 1. The summed E-state index contributed by atoms with van der Waals surface area (Å²) in [7, 11) is 0. The first kappa shape index (κ1) is 11.8. The maximum absolute atomic E-state index is 11.1. The molecule has 0 atom stereocenters. The van der Waals surface area contributed by atoms with Gasteiger partial charge in [0.15, 0.2) is 0 Å². The van der Waals surface area contributed by atoms with E-state index in [1.807, 2.05) is 6.92 Å². The van der Waals surface area contributed by atoms with E-state index < -0.39 is 6.03 Å². The van der Waals surface area contributed by atoms with Crippen molar-refractivity contribution in [1.82, 2.24) is 4.90 Å². The average Bonchev–Trinajstić information content (AvgIpc) is 2.12. The van der Waals surface area contributed by atoms with Crippen molar-refractivity contribution in [2.45, 2.75) is 33.1 Å². The van der Waals surface area contributed by atoms with E-state index in [-0.39, 0.29) is 0 Å². The highest BCUT2D eigenvalue weighted by molar-refractivity contribution is 5.79. The van der Waals surface area contributed by atoms with Crippen LogP contribution in [0.3, 0.4) is 0 Å². The molecule has 0 heterocycles. The highest BCUT2D eigenvalue weighted by Gasteiger charge is 2.09. The monoisotopic (exact) mass is 184 g/mol. The number of nitrogens with zero attached hydrogens (tertiary/aromatic N) is 2. The summed E-state index contributed by atoms with van der Waals surface area (Å²) in [4.78, 5) is 25.7. The van der Waals surface area contributed by atoms with Crippen LogP contribution in [0.5, 0.6) is 0 Å². The minimum atomic E-state index is -0.467. The lowest BCUT2D eigenvalue weighted by Crippen LogP contribution is -2.30. The molecule has 0 saturated heterocycles. The standard InChI is InChI=1S/C9H16N2O2/c1-3-5-7-11(6-4-2)9(13)10-8-12/h3-7H2,1-2H3. The van der Waals surface area contributed by atoms with Gasteiger partial charge in [-0.2, -0.15) is 0 Å². The molecule has 4 nitrogen and oxygen atoms in total. The summed E-state index contributed by atoms with van der Waals surface area (Å²) >= 11 is 0. The molecule has 0 aliphatic heterocycles. The first-order valence-electron chi connectivity index (χ1n) is 4.63. The number of carbonyl (C=O) groups excluding carboxylic acids is 2. The van der Waals surface area contributed by atoms with Crippen LogP contribution in [0.4, 0.5) is 4.79 Å². The Morgan fingerprint density at radius 3 is 2.46 bits per heavy atom. The Hall–Kier alpha value is -1.15. The molecule has 4 heteroatoms. The van der Waals surface area contributed by atoms with E-state index in [4.69, 9.17) is 0 Å². The molecule has 0 aliphatic carbocycles. The summed E-state index contributed by atoms with van der Waals surface area (Å²) in [6.45, 7) is 5.37. The van der Waals surface area contributed by atoms with Gasteiger partial charge in [-0.05, 0) is 12.8 Å². The second kappa shape index (κ2) is 7.50. The van der Waals surface area contributed by atoms with E-state index in [0.29, 0.717) is 13.1 Å². The fourth-order valence-corrected chi connectivity index (χ4v) is 1.03. The van der Waals surface area contributed by atoms with Crippen molar-refractivity contribution in [2.24, 2.45) is 4.99 Å². The smallest absolute Gasteiger partial charge is 0.322 e. The normalized spacial score (nSPS) is 9.08. The third kappa shape index (κ3) is 5.15. The molecule has 0 fully saturated rings. The van der Waals surface area contributed by atoms with Crippen LogP contribution in [-0.2, 0) is 4.79 Å². The van der Waals surface area contributed by atoms with Crippen molar-refractivity contribution in [1.29, 1.82) is 0 Å². The zero-order valence-corrected chi connectivity index (χ0v) is 8.25. The van der Waals surface area contributed by atoms with Gasteiger partial charge >= 0.3 is 6.03 Å². The molecule has 0 bridgehead atoms. The van der Waals surface area contributed by atoms with Gasteiger partial charge in [0.25, 0.3) is 0 Å². The molecule has 74 valence electrons. The van der Waals surface area contributed by atoms with E-state index >= 15 is 0 Å². The highest BCUT2D eigenvalue weighted by Crippen LogP contribution is 1.99. The zero-order chi connectivity index (χ0) is 10.1. The lowest BCUT2D eigenvalue weighted by atomic mass is 10.3. The summed E-state index contributed by atoms with van der Waals surface area (Å²) in [5.41, 5.74) is 0. The van der Waals surface area contributed by atoms with Gasteiger partial charge in [-0.25, -0.2) is 9.59 Å². The molecule has 0 spiro atoms. The Morgan fingerprint density at radius 1 is 1.31 bits per heavy atom. The molecule has 0 aliphatic rings. The van der Waals surface area contributed by atoms with Crippen LogP contribution in [0.2, 0.25) is 0 Å². The first-order valence-corrected chi connectivity index (χ1v) is 4.63. The SMILES string of the molecule is CCCCN(CCC)C(=O)N=C=O. The quantitative estimate of drug-likeness (QED) is 0.484. The number of hydrogen-bond donors (Lipinski definition) is 0. The van der Waals surface area contributed by atoms with E-state index in [1.165, 1.54) is 6.08 Å². The minimum Gasteiger partial charge on any atom is -0.322 e. The van der Waals surface area contributed by atoms with E-state index in [1.54, 1.807) is 4.90 Å². The van der Waals surface area contributed by atoms with Gasteiger partial charge in [0.05, 0.1) is 0 Å². The molecule has 0 saturated carbocycles. The lowest BCUT2D eigenvalue weighted by Gasteiger charge is -2.17. The van der Waals surface area contributed by atoms with Crippen LogP contribution in [-0.4, -0.2) is 30.1 Å². The molecule has 0 unspecified atom stereocenters. The molecule has 2 amide bonds. The first-order chi connectivity index (χ1) is 6.26. The number of isocyanates is 1. The second-order valence-corrected chi connectivity index (χ2v) is 2.83. The average molecular weight is 184 g/mol. The Balaban J connectivity index is 4.05. The van der Waals surface area contributed by atoms with Crippen LogP contribution < -0.4 is 0 Å². The van der Waals surface area contributed by atoms with Gasteiger partial charge in [-0.3, -0.25) is 0 Å². The van der Waals surface area contributed by atoms with Crippen LogP contribution in [0.1, 0.15) is 33.1 Å². The van der Waals surface area contributed by atoms with Crippen molar-refractivity contribution >= 4 is 12.1 Å². The molecule has 0 aromatic heterocycles. The number of carbonyl (C=O) groups is 1. The predicted octanol–water partition coefficient (Wildman–Crippen LogP) is 1.95. The van der Waals surface area contributed by atoms with Crippen molar-refractivity contribution < 1.29 is 9.59 Å². The summed E-state index contributed by atoms with van der Waals surface area (Å²) in [5.74, 6) is 0. The third-order valence-electron chi connectivity index (χ3n) is 1.69. The summed E-state index contributed by atoms with van der Waals surface area (Å²) in [6.07, 6.45) is 4.12. The van der Waals surface area contributed by atoms with Gasteiger partial charge in [0.1, 0.15) is 0 Å².